The van der Waals surface area contributed by atoms with E-state index in [1.807, 2.05) is 36.4 Å². The minimum Gasteiger partial charge on any atom is -0.496 e. The SMILES string of the molecule is C=C(CNCCc1ccccc1OC)c1ccccc1. The van der Waals surface area contributed by atoms with E-state index in [4.69, 9.17) is 4.74 Å². The van der Waals surface area contributed by atoms with E-state index in [-0.39, 0.29) is 0 Å². The Hall–Kier alpha value is -2.06. The van der Waals surface area contributed by atoms with Crippen molar-refractivity contribution in [3.8, 4) is 5.75 Å². The lowest BCUT2D eigenvalue weighted by Gasteiger charge is -2.10. The quantitative estimate of drug-likeness (QED) is 0.775. The summed E-state index contributed by atoms with van der Waals surface area (Å²) in [5.74, 6) is 0.955. The van der Waals surface area contributed by atoms with Crippen molar-refractivity contribution in [1.82, 2.24) is 5.32 Å². The molecular weight excluding hydrogens is 246 g/mol. The highest BCUT2D eigenvalue weighted by molar-refractivity contribution is 5.64. The molecule has 0 saturated heterocycles. The minimum absolute atomic E-state index is 0.805. The van der Waals surface area contributed by atoms with Crippen LogP contribution in [0.2, 0.25) is 0 Å². The van der Waals surface area contributed by atoms with Crippen LogP contribution in [0.4, 0.5) is 0 Å². The van der Waals surface area contributed by atoms with Crippen LogP contribution in [0, 0.1) is 0 Å². The lowest BCUT2D eigenvalue weighted by atomic mass is 10.1. The van der Waals surface area contributed by atoms with Gasteiger partial charge in [-0.25, -0.2) is 0 Å². The first-order valence-electron chi connectivity index (χ1n) is 6.87. The molecule has 0 radical (unpaired) electrons. The van der Waals surface area contributed by atoms with Crippen LogP contribution in [-0.2, 0) is 6.42 Å². The maximum Gasteiger partial charge on any atom is 0.122 e. The van der Waals surface area contributed by atoms with Gasteiger partial charge in [0.1, 0.15) is 5.75 Å². The molecule has 0 saturated carbocycles. The molecule has 0 aromatic heterocycles. The van der Waals surface area contributed by atoms with Gasteiger partial charge < -0.3 is 10.1 Å². The molecule has 0 heterocycles. The first kappa shape index (κ1) is 14.4. The molecule has 0 unspecified atom stereocenters. The second-order valence-electron chi connectivity index (χ2n) is 4.71. The van der Waals surface area contributed by atoms with Crippen LogP contribution in [0.1, 0.15) is 11.1 Å². The molecule has 20 heavy (non-hydrogen) atoms. The van der Waals surface area contributed by atoms with Crippen molar-refractivity contribution >= 4 is 5.57 Å². The Balaban J connectivity index is 1.78. The van der Waals surface area contributed by atoms with E-state index in [1.54, 1.807) is 7.11 Å². The largest absolute Gasteiger partial charge is 0.496 e. The Labute approximate surface area is 121 Å². The number of nitrogens with one attached hydrogen (secondary N) is 1. The third kappa shape index (κ3) is 3.97. The van der Waals surface area contributed by atoms with E-state index in [1.165, 1.54) is 11.1 Å². The van der Waals surface area contributed by atoms with Crippen LogP contribution in [0.3, 0.4) is 0 Å². The van der Waals surface area contributed by atoms with Gasteiger partial charge in [-0.1, -0.05) is 55.1 Å². The summed E-state index contributed by atoms with van der Waals surface area (Å²) in [6, 6.07) is 18.4. The summed E-state index contributed by atoms with van der Waals surface area (Å²) in [6.45, 7) is 5.83. The van der Waals surface area contributed by atoms with Crippen molar-refractivity contribution in [2.24, 2.45) is 0 Å². The molecule has 2 aromatic rings. The predicted molar refractivity (Wildman–Crippen MR) is 85.0 cm³/mol. The summed E-state index contributed by atoms with van der Waals surface area (Å²) < 4.78 is 5.35. The van der Waals surface area contributed by atoms with Gasteiger partial charge in [-0.2, -0.15) is 0 Å². The van der Waals surface area contributed by atoms with E-state index in [0.717, 1.165) is 30.8 Å². The van der Waals surface area contributed by atoms with Crippen LogP contribution in [0.5, 0.6) is 5.75 Å². The van der Waals surface area contributed by atoms with Gasteiger partial charge in [-0.15, -0.1) is 0 Å². The molecule has 2 aromatic carbocycles. The molecule has 2 nitrogen and oxygen atoms in total. The van der Waals surface area contributed by atoms with Crippen LogP contribution >= 0.6 is 0 Å². The summed E-state index contributed by atoms with van der Waals surface area (Å²) >= 11 is 0. The Bertz CT molecular complexity index is 548. The van der Waals surface area contributed by atoms with Gasteiger partial charge in [0.15, 0.2) is 0 Å². The zero-order chi connectivity index (χ0) is 14.2. The first-order valence-corrected chi connectivity index (χ1v) is 6.87. The zero-order valence-electron chi connectivity index (χ0n) is 11.9. The predicted octanol–water partition coefficient (Wildman–Crippen LogP) is 3.54. The fourth-order valence-corrected chi connectivity index (χ4v) is 2.15. The topological polar surface area (TPSA) is 21.3 Å². The maximum atomic E-state index is 5.35. The molecule has 104 valence electrons. The summed E-state index contributed by atoms with van der Waals surface area (Å²) in [4.78, 5) is 0. The second kappa shape index (κ2) is 7.51. The molecule has 2 rings (SSSR count). The monoisotopic (exact) mass is 267 g/mol. The van der Waals surface area contributed by atoms with Crippen LogP contribution < -0.4 is 10.1 Å². The van der Waals surface area contributed by atoms with Gasteiger partial charge in [0.25, 0.3) is 0 Å². The van der Waals surface area contributed by atoms with Gasteiger partial charge in [0.05, 0.1) is 7.11 Å². The summed E-state index contributed by atoms with van der Waals surface area (Å²) in [7, 11) is 1.71. The fourth-order valence-electron chi connectivity index (χ4n) is 2.15. The fraction of sp³-hybridized carbons (Fsp3) is 0.222. The molecule has 0 spiro atoms. The van der Waals surface area contributed by atoms with E-state index in [9.17, 15) is 0 Å². The molecule has 0 amide bonds. The van der Waals surface area contributed by atoms with Gasteiger partial charge >= 0.3 is 0 Å². The number of benzene rings is 2. The van der Waals surface area contributed by atoms with Crippen molar-refractivity contribution in [2.75, 3.05) is 20.2 Å². The molecule has 1 N–H and O–H groups in total. The first-order chi connectivity index (χ1) is 9.81. The van der Waals surface area contributed by atoms with Crippen molar-refractivity contribution in [1.29, 1.82) is 0 Å². The molecule has 0 aliphatic carbocycles. The van der Waals surface area contributed by atoms with E-state index in [2.05, 4.69) is 30.1 Å². The lowest BCUT2D eigenvalue weighted by molar-refractivity contribution is 0.409. The number of hydrogen-bond acceptors (Lipinski definition) is 2. The van der Waals surface area contributed by atoms with Crippen LogP contribution in [0.25, 0.3) is 5.57 Å². The molecule has 2 heteroatoms. The molecule has 0 aliphatic heterocycles. The van der Waals surface area contributed by atoms with Gasteiger partial charge in [-0.05, 0) is 35.7 Å². The van der Waals surface area contributed by atoms with Crippen molar-refractivity contribution in [3.63, 3.8) is 0 Å². The van der Waals surface area contributed by atoms with E-state index >= 15 is 0 Å². The molecule has 0 bridgehead atoms. The smallest absolute Gasteiger partial charge is 0.122 e. The highest BCUT2D eigenvalue weighted by Gasteiger charge is 2.01. The Morgan fingerprint density at radius 2 is 1.75 bits per heavy atom. The third-order valence-corrected chi connectivity index (χ3v) is 3.28. The van der Waals surface area contributed by atoms with Gasteiger partial charge in [0.2, 0.25) is 0 Å². The summed E-state index contributed by atoms with van der Waals surface area (Å²) in [5.41, 5.74) is 3.54. The number of hydrogen-bond donors (Lipinski definition) is 1. The van der Waals surface area contributed by atoms with Crippen LogP contribution in [-0.4, -0.2) is 20.2 Å². The maximum absolute atomic E-state index is 5.35. The van der Waals surface area contributed by atoms with E-state index < -0.39 is 0 Å². The van der Waals surface area contributed by atoms with Gasteiger partial charge in [-0.3, -0.25) is 0 Å². The standard InChI is InChI=1S/C18H21NO/c1-15(16-8-4-3-5-9-16)14-19-13-12-17-10-6-7-11-18(17)20-2/h3-11,19H,1,12-14H2,2H3. The van der Waals surface area contributed by atoms with Crippen LogP contribution in [0.15, 0.2) is 61.2 Å². The highest BCUT2D eigenvalue weighted by Crippen LogP contribution is 2.17. The van der Waals surface area contributed by atoms with Gasteiger partial charge in [0, 0.05) is 6.54 Å². The Morgan fingerprint density at radius 3 is 2.50 bits per heavy atom. The second-order valence-corrected chi connectivity index (χ2v) is 4.71. The normalized spacial score (nSPS) is 10.2. The Kier molecular flexibility index (Phi) is 5.39. The molecule has 0 fully saturated rings. The molecule has 0 atom stereocenters. The van der Waals surface area contributed by atoms with Crippen molar-refractivity contribution in [2.45, 2.75) is 6.42 Å². The number of ether oxygens (including phenoxy) is 1. The minimum atomic E-state index is 0.805. The van der Waals surface area contributed by atoms with Crippen molar-refractivity contribution < 1.29 is 4.74 Å². The summed E-state index contributed by atoms with van der Waals surface area (Å²) in [5, 5.41) is 3.43. The Morgan fingerprint density at radius 1 is 1.05 bits per heavy atom. The number of rotatable bonds is 7. The molecule has 0 aliphatic rings. The van der Waals surface area contributed by atoms with Crippen molar-refractivity contribution in [3.05, 3.63) is 72.3 Å². The summed E-state index contributed by atoms with van der Waals surface area (Å²) in [6.07, 6.45) is 0.950. The third-order valence-electron chi connectivity index (χ3n) is 3.28. The average Bonchev–Trinajstić information content (AvgIpc) is 2.52. The zero-order valence-corrected chi connectivity index (χ0v) is 11.9. The highest BCUT2D eigenvalue weighted by atomic mass is 16.5. The molecular formula is C18H21NO. The lowest BCUT2D eigenvalue weighted by Crippen LogP contribution is -2.19. The number of methoxy groups -OCH3 is 1. The number of para-hydroxylation sites is 1. The average molecular weight is 267 g/mol. The van der Waals surface area contributed by atoms with E-state index in [0.29, 0.717) is 0 Å².